The minimum Gasteiger partial charge on any atom is -0.494 e. The Labute approximate surface area is 120 Å². The van der Waals surface area contributed by atoms with Crippen LogP contribution in [0.15, 0.2) is 23.6 Å². The van der Waals surface area contributed by atoms with Gasteiger partial charge in [-0.1, -0.05) is 12.1 Å². The molecule has 0 saturated heterocycles. The number of methoxy groups -OCH3 is 1. The highest BCUT2D eigenvalue weighted by Gasteiger charge is 2.16. The number of ketones is 1. The summed E-state index contributed by atoms with van der Waals surface area (Å²) < 4.78 is 18.9. The number of Topliss-reactive ketones (excluding diaryl/α,β-unsaturated/α-hetero) is 1. The van der Waals surface area contributed by atoms with Gasteiger partial charge in [-0.25, -0.2) is 9.37 Å². The second-order valence-corrected chi connectivity index (χ2v) is 5.28. The van der Waals surface area contributed by atoms with Crippen LogP contribution in [-0.2, 0) is 6.42 Å². The SMILES string of the molecule is COc1cccc(CC(=O)c2csc(C(C)N)n2)c1F. The molecule has 0 aliphatic carbocycles. The predicted octanol–water partition coefficient (Wildman–Crippen LogP) is 2.74. The first-order valence-electron chi connectivity index (χ1n) is 6.08. The molecule has 0 amide bonds. The molecule has 0 aliphatic heterocycles. The summed E-state index contributed by atoms with van der Waals surface area (Å²) in [6.07, 6.45) is -0.0504. The zero-order valence-electron chi connectivity index (χ0n) is 11.2. The van der Waals surface area contributed by atoms with Crippen LogP contribution in [0.3, 0.4) is 0 Å². The minimum absolute atomic E-state index is 0.0504. The summed E-state index contributed by atoms with van der Waals surface area (Å²) in [4.78, 5) is 16.3. The fourth-order valence-electron chi connectivity index (χ4n) is 1.74. The lowest BCUT2D eigenvalue weighted by atomic mass is 10.1. The number of rotatable bonds is 5. The molecule has 4 nitrogen and oxygen atoms in total. The smallest absolute Gasteiger partial charge is 0.186 e. The van der Waals surface area contributed by atoms with Crippen LogP contribution in [0.2, 0.25) is 0 Å². The number of aromatic nitrogens is 1. The number of hydrogen-bond donors (Lipinski definition) is 1. The Bertz CT molecular complexity index is 625. The van der Waals surface area contributed by atoms with Gasteiger partial charge in [0.2, 0.25) is 0 Å². The van der Waals surface area contributed by atoms with Crippen molar-refractivity contribution in [3.05, 3.63) is 45.7 Å². The third-order valence-corrected chi connectivity index (χ3v) is 3.86. The number of hydrogen-bond acceptors (Lipinski definition) is 5. The molecule has 1 aromatic heterocycles. The zero-order valence-corrected chi connectivity index (χ0v) is 12.0. The third kappa shape index (κ3) is 3.02. The predicted molar refractivity (Wildman–Crippen MR) is 75.7 cm³/mol. The largest absolute Gasteiger partial charge is 0.494 e. The van der Waals surface area contributed by atoms with Crippen molar-refractivity contribution in [1.82, 2.24) is 4.98 Å². The normalized spacial score (nSPS) is 12.2. The van der Waals surface area contributed by atoms with E-state index in [-0.39, 0.29) is 24.0 Å². The van der Waals surface area contributed by atoms with E-state index in [0.29, 0.717) is 16.3 Å². The van der Waals surface area contributed by atoms with Gasteiger partial charge in [0.15, 0.2) is 17.3 Å². The molecule has 106 valence electrons. The maximum atomic E-state index is 14.0. The second kappa shape index (κ2) is 6.11. The lowest BCUT2D eigenvalue weighted by molar-refractivity contribution is 0.0987. The number of nitrogens with zero attached hydrogens (tertiary/aromatic N) is 1. The molecule has 2 rings (SSSR count). The third-order valence-electron chi connectivity index (χ3n) is 2.81. The van der Waals surface area contributed by atoms with Crippen molar-refractivity contribution < 1.29 is 13.9 Å². The molecule has 2 aromatic rings. The van der Waals surface area contributed by atoms with Gasteiger partial charge < -0.3 is 10.5 Å². The monoisotopic (exact) mass is 294 g/mol. The Morgan fingerprint density at radius 3 is 2.90 bits per heavy atom. The minimum atomic E-state index is -0.508. The van der Waals surface area contributed by atoms with Gasteiger partial charge in [-0.2, -0.15) is 0 Å². The standard InChI is InChI=1S/C14H15FN2O2S/c1-8(16)14-17-10(7-20-14)11(18)6-9-4-3-5-12(19-2)13(9)15/h3-5,7-8H,6,16H2,1-2H3. The van der Waals surface area contributed by atoms with E-state index >= 15 is 0 Å². The summed E-state index contributed by atoms with van der Waals surface area (Å²) in [6.45, 7) is 1.80. The molecule has 1 atom stereocenters. The first-order chi connectivity index (χ1) is 9.52. The lowest BCUT2D eigenvalue weighted by Crippen LogP contribution is -2.08. The molecular weight excluding hydrogens is 279 g/mol. The number of ether oxygens (including phenoxy) is 1. The first kappa shape index (κ1) is 14.6. The van der Waals surface area contributed by atoms with Gasteiger partial charge in [-0.15, -0.1) is 11.3 Å². The molecule has 0 spiro atoms. The van der Waals surface area contributed by atoms with Crippen LogP contribution in [0.5, 0.6) is 5.75 Å². The van der Waals surface area contributed by atoms with Crippen molar-refractivity contribution in [1.29, 1.82) is 0 Å². The first-order valence-corrected chi connectivity index (χ1v) is 6.96. The van der Waals surface area contributed by atoms with Gasteiger partial charge in [0, 0.05) is 11.8 Å². The van der Waals surface area contributed by atoms with Gasteiger partial charge in [0.05, 0.1) is 13.2 Å². The molecule has 20 heavy (non-hydrogen) atoms. The number of thiazole rings is 1. The number of benzene rings is 1. The Hall–Kier alpha value is -1.79. The van der Waals surface area contributed by atoms with Crippen molar-refractivity contribution in [2.75, 3.05) is 7.11 Å². The van der Waals surface area contributed by atoms with Gasteiger partial charge >= 0.3 is 0 Å². The van der Waals surface area contributed by atoms with E-state index in [4.69, 9.17) is 10.5 Å². The summed E-state index contributed by atoms with van der Waals surface area (Å²) in [5.41, 5.74) is 6.32. The maximum absolute atomic E-state index is 14.0. The highest BCUT2D eigenvalue weighted by molar-refractivity contribution is 7.09. The van der Waals surface area contributed by atoms with Crippen LogP contribution in [0.4, 0.5) is 4.39 Å². The van der Waals surface area contributed by atoms with Crippen LogP contribution in [0, 0.1) is 5.82 Å². The van der Waals surface area contributed by atoms with E-state index in [1.807, 2.05) is 0 Å². The van der Waals surface area contributed by atoms with Crippen molar-refractivity contribution in [3.8, 4) is 5.75 Å². The maximum Gasteiger partial charge on any atom is 0.186 e. The molecule has 0 fully saturated rings. The van der Waals surface area contributed by atoms with E-state index in [2.05, 4.69) is 4.98 Å². The molecule has 2 N–H and O–H groups in total. The number of nitrogens with two attached hydrogens (primary N) is 1. The van der Waals surface area contributed by atoms with Crippen LogP contribution in [0.25, 0.3) is 0 Å². The highest BCUT2D eigenvalue weighted by Crippen LogP contribution is 2.22. The van der Waals surface area contributed by atoms with Gasteiger partial charge in [0.1, 0.15) is 10.7 Å². The Balaban J connectivity index is 2.19. The van der Waals surface area contributed by atoms with E-state index in [1.54, 1.807) is 24.4 Å². The molecule has 6 heteroatoms. The fraction of sp³-hybridized carbons (Fsp3) is 0.286. The Morgan fingerprint density at radius 2 is 2.30 bits per heavy atom. The van der Waals surface area contributed by atoms with E-state index < -0.39 is 5.82 Å². The molecule has 0 bridgehead atoms. The fourth-order valence-corrected chi connectivity index (χ4v) is 2.52. The van der Waals surface area contributed by atoms with Crippen LogP contribution in [0.1, 0.15) is 34.0 Å². The van der Waals surface area contributed by atoms with Crippen molar-refractivity contribution >= 4 is 17.1 Å². The lowest BCUT2D eigenvalue weighted by Gasteiger charge is -2.06. The number of halogens is 1. The van der Waals surface area contributed by atoms with Crippen molar-refractivity contribution in [3.63, 3.8) is 0 Å². The van der Waals surface area contributed by atoms with Gasteiger partial charge in [-0.05, 0) is 18.6 Å². The molecule has 1 heterocycles. The number of carbonyl (C=O) groups is 1. The average molecular weight is 294 g/mol. The summed E-state index contributed by atoms with van der Waals surface area (Å²) >= 11 is 1.33. The van der Waals surface area contributed by atoms with Crippen LogP contribution < -0.4 is 10.5 Å². The van der Waals surface area contributed by atoms with Gasteiger partial charge in [0.25, 0.3) is 0 Å². The van der Waals surface area contributed by atoms with Gasteiger partial charge in [-0.3, -0.25) is 4.79 Å². The molecule has 1 aromatic carbocycles. The molecule has 1 unspecified atom stereocenters. The topological polar surface area (TPSA) is 65.2 Å². The second-order valence-electron chi connectivity index (χ2n) is 4.39. The summed E-state index contributed by atoms with van der Waals surface area (Å²) in [5.74, 6) is -0.615. The molecule has 0 saturated carbocycles. The van der Waals surface area contributed by atoms with Crippen molar-refractivity contribution in [2.24, 2.45) is 5.73 Å². The van der Waals surface area contributed by atoms with E-state index in [1.165, 1.54) is 24.5 Å². The van der Waals surface area contributed by atoms with Crippen molar-refractivity contribution in [2.45, 2.75) is 19.4 Å². The van der Waals surface area contributed by atoms with E-state index in [9.17, 15) is 9.18 Å². The number of carbonyl (C=O) groups excluding carboxylic acids is 1. The summed E-state index contributed by atoms with van der Waals surface area (Å²) in [6, 6.07) is 4.52. The molecule has 0 radical (unpaired) electrons. The Morgan fingerprint density at radius 1 is 1.55 bits per heavy atom. The Kier molecular flexibility index (Phi) is 4.46. The quantitative estimate of drug-likeness (QED) is 0.861. The summed E-state index contributed by atoms with van der Waals surface area (Å²) in [5, 5.41) is 2.35. The van der Waals surface area contributed by atoms with E-state index in [0.717, 1.165) is 0 Å². The van der Waals surface area contributed by atoms with Crippen LogP contribution in [-0.4, -0.2) is 17.9 Å². The molecule has 0 aliphatic rings. The average Bonchev–Trinajstić information content (AvgIpc) is 2.91. The summed E-state index contributed by atoms with van der Waals surface area (Å²) in [7, 11) is 1.39. The van der Waals surface area contributed by atoms with Crippen LogP contribution >= 0.6 is 11.3 Å². The molecular formula is C14H15FN2O2S. The highest BCUT2D eigenvalue weighted by atomic mass is 32.1. The zero-order chi connectivity index (χ0) is 14.7.